The maximum Gasteiger partial charge on any atom is 0.407 e. The minimum atomic E-state index is -0.684. The lowest BCUT2D eigenvalue weighted by atomic mass is 9.88. The van der Waals surface area contributed by atoms with Crippen LogP contribution in [-0.4, -0.2) is 41.9 Å². The molecule has 0 saturated heterocycles. The van der Waals surface area contributed by atoms with Crippen molar-refractivity contribution in [3.05, 3.63) is 18.3 Å². The Morgan fingerprint density at radius 2 is 1.88 bits per heavy atom. The Morgan fingerprint density at radius 1 is 1.23 bits per heavy atom. The normalized spacial score (nSPS) is 13.5. The highest BCUT2D eigenvalue weighted by Gasteiger charge is 2.31. The van der Waals surface area contributed by atoms with Crippen LogP contribution in [0.25, 0.3) is 0 Å². The number of anilines is 1. The molecule has 1 heterocycles. The molecular weight excluding hydrogens is 336 g/mol. The SMILES string of the molecule is COc1ncccc1NC(=O)NC(C)(CNC(=O)OC(C)(C)C)C(C)C. The number of urea groups is 1. The third-order valence-corrected chi connectivity index (χ3v) is 3.88. The number of hydrogen-bond acceptors (Lipinski definition) is 5. The van der Waals surface area contributed by atoms with Gasteiger partial charge in [0.25, 0.3) is 0 Å². The number of nitrogens with zero attached hydrogens (tertiary/aromatic N) is 1. The Balaban J connectivity index is 2.73. The van der Waals surface area contributed by atoms with E-state index in [0.29, 0.717) is 11.6 Å². The monoisotopic (exact) mass is 366 g/mol. The summed E-state index contributed by atoms with van der Waals surface area (Å²) >= 11 is 0. The van der Waals surface area contributed by atoms with Gasteiger partial charge in [0, 0.05) is 12.7 Å². The Labute approximate surface area is 155 Å². The molecule has 0 aromatic carbocycles. The minimum absolute atomic E-state index is 0.0546. The van der Waals surface area contributed by atoms with Gasteiger partial charge >= 0.3 is 12.1 Å². The van der Waals surface area contributed by atoms with Crippen LogP contribution in [0.1, 0.15) is 41.5 Å². The second kappa shape index (κ2) is 8.73. The number of nitrogens with one attached hydrogen (secondary N) is 3. The minimum Gasteiger partial charge on any atom is -0.480 e. The molecule has 1 atom stereocenters. The van der Waals surface area contributed by atoms with Gasteiger partial charge in [0.1, 0.15) is 11.3 Å². The summed E-state index contributed by atoms with van der Waals surface area (Å²) in [6, 6.07) is 2.97. The molecule has 26 heavy (non-hydrogen) atoms. The van der Waals surface area contributed by atoms with Crippen LogP contribution in [0.3, 0.4) is 0 Å². The standard InChI is InChI=1S/C18H30N4O4/c1-12(2)18(6,11-20-16(24)26-17(3,4)5)22-15(23)21-13-9-8-10-19-14(13)25-7/h8-10,12H,11H2,1-7H3,(H,20,24)(H2,21,22,23). The van der Waals surface area contributed by atoms with Gasteiger partial charge in [-0.1, -0.05) is 13.8 Å². The Hall–Kier alpha value is -2.51. The zero-order valence-electron chi connectivity index (χ0n) is 16.6. The van der Waals surface area contributed by atoms with Crippen molar-refractivity contribution in [2.24, 2.45) is 5.92 Å². The molecular formula is C18H30N4O4. The summed E-state index contributed by atoms with van der Waals surface area (Å²) in [5.41, 5.74) is -0.810. The van der Waals surface area contributed by atoms with Crippen molar-refractivity contribution in [1.29, 1.82) is 0 Å². The lowest BCUT2D eigenvalue weighted by molar-refractivity contribution is 0.0505. The lowest BCUT2D eigenvalue weighted by Crippen LogP contribution is -2.58. The first-order valence-electron chi connectivity index (χ1n) is 8.52. The van der Waals surface area contributed by atoms with Gasteiger partial charge in [-0.3, -0.25) is 0 Å². The van der Waals surface area contributed by atoms with Crippen molar-refractivity contribution >= 4 is 17.8 Å². The Kier molecular flexibility index (Phi) is 7.23. The van der Waals surface area contributed by atoms with Crippen LogP contribution in [-0.2, 0) is 4.74 Å². The molecule has 3 N–H and O–H groups in total. The number of pyridine rings is 1. The number of hydrogen-bond donors (Lipinski definition) is 3. The van der Waals surface area contributed by atoms with Crippen LogP contribution in [0.4, 0.5) is 15.3 Å². The molecule has 0 aliphatic heterocycles. The van der Waals surface area contributed by atoms with Crippen LogP contribution in [0, 0.1) is 5.92 Å². The highest BCUT2D eigenvalue weighted by Crippen LogP contribution is 2.21. The molecule has 1 aromatic heterocycles. The molecule has 1 aromatic rings. The smallest absolute Gasteiger partial charge is 0.407 e. The van der Waals surface area contributed by atoms with Gasteiger partial charge in [-0.05, 0) is 45.7 Å². The molecule has 8 heteroatoms. The zero-order chi connectivity index (χ0) is 20.0. The molecule has 1 rings (SSSR count). The first kappa shape index (κ1) is 21.5. The third kappa shape index (κ3) is 6.78. The number of rotatable bonds is 6. The number of carbonyl (C=O) groups is 2. The maximum absolute atomic E-state index is 12.4. The van der Waals surface area contributed by atoms with Crippen LogP contribution in [0.15, 0.2) is 18.3 Å². The third-order valence-electron chi connectivity index (χ3n) is 3.88. The van der Waals surface area contributed by atoms with Gasteiger partial charge in [-0.2, -0.15) is 0 Å². The number of ether oxygens (including phenoxy) is 2. The van der Waals surface area contributed by atoms with Crippen LogP contribution < -0.4 is 20.7 Å². The molecule has 3 amide bonds. The quantitative estimate of drug-likeness (QED) is 0.718. The summed E-state index contributed by atoms with van der Waals surface area (Å²) in [7, 11) is 1.48. The summed E-state index contributed by atoms with van der Waals surface area (Å²) in [4.78, 5) is 28.4. The number of amides is 3. The second-order valence-electron chi connectivity index (χ2n) is 7.57. The second-order valence-corrected chi connectivity index (χ2v) is 7.57. The molecule has 0 saturated carbocycles. The van der Waals surface area contributed by atoms with Gasteiger partial charge in [-0.15, -0.1) is 0 Å². The summed E-state index contributed by atoms with van der Waals surface area (Å²) in [5.74, 6) is 0.375. The predicted molar refractivity (Wildman–Crippen MR) is 100 cm³/mol. The topological polar surface area (TPSA) is 102 Å². The maximum atomic E-state index is 12.4. The van der Waals surface area contributed by atoms with E-state index in [4.69, 9.17) is 9.47 Å². The van der Waals surface area contributed by atoms with Gasteiger partial charge in [0.2, 0.25) is 5.88 Å². The van der Waals surface area contributed by atoms with E-state index in [1.807, 2.05) is 20.8 Å². The van der Waals surface area contributed by atoms with E-state index in [1.165, 1.54) is 7.11 Å². The molecule has 0 spiro atoms. The number of aromatic nitrogens is 1. The van der Waals surface area contributed by atoms with Crippen molar-refractivity contribution in [3.8, 4) is 5.88 Å². The largest absolute Gasteiger partial charge is 0.480 e. The average molecular weight is 366 g/mol. The number of methoxy groups -OCH3 is 1. The lowest BCUT2D eigenvalue weighted by Gasteiger charge is -2.35. The molecule has 0 bridgehead atoms. The molecule has 0 aliphatic carbocycles. The molecule has 146 valence electrons. The van der Waals surface area contributed by atoms with E-state index >= 15 is 0 Å². The van der Waals surface area contributed by atoms with Gasteiger partial charge in [-0.25, -0.2) is 14.6 Å². The van der Waals surface area contributed by atoms with Crippen molar-refractivity contribution in [3.63, 3.8) is 0 Å². The molecule has 0 aliphatic rings. The fourth-order valence-electron chi connectivity index (χ4n) is 2.02. The molecule has 0 fully saturated rings. The van der Waals surface area contributed by atoms with Crippen LogP contribution in [0.5, 0.6) is 5.88 Å². The first-order valence-corrected chi connectivity index (χ1v) is 8.52. The van der Waals surface area contributed by atoms with E-state index in [0.717, 1.165) is 0 Å². The first-order chi connectivity index (χ1) is 12.0. The predicted octanol–water partition coefficient (Wildman–Crippen LogP) is 3.15. The zero-order valence-corrected chi connectivity index (χ0v) is 16.6. The highest BCUT2D eigenvalue weighted by atomic mass is 16.6. The molecule has 0 radical (unpaired) electrons. The summed E-state index contributed by atoms with van der Waals surface area (Å²) in [6.07, 6.45) is 1.05. The van der Waals surface area contributed by atoms with Crippen molar-refractivity contribution in [1.82, 2.24) is 15.6 Å². The van der Waals surface area contributed by atoms with Crippen LogP contribution in [0.2, 0.25) is 0 Å². The summed E-state index contributed by atoms with van der Waals surface area (Å²) in [6.45, 7) is 11.4. The van der Waals surface area contributed by atoms with Gasteiger partial charge in [0.05, 0.1) is 12.6 Å². The fourth-order valence-corrected chi connectivity index (χ4v) is 2.02. The van der Waals surface area contributed by atoms with E-state index in [-0.39, 0.29) is 12.5 Å². The Morgan fingerprint density at radius 3 is 2.42 bits per heavy atom. The van der Waals surface area contributed by atoms with E-state index in [1.54, 1.807) is 39.1 Å². The van der Waals surface area contributed by atoms with Gasteiger partial charge < -0.3 is 25.4 Å². The summed E-state index contributed by atoms with van der Waals surface area (Å²) in [5, 5.41) is 8.34. The van der Waals surface area contributed by atoms with Crippen LogP contribution >= 0.6 is 0 Å². The van der Waals surface area contributed by atoms with E-state index in [2.05, 4.69) is 20.9 Å². The number of alkyl carbamates (subject to hydrolysis) is 1. The Bertz CT molecular complexity index is 628. The highest BCUT2D eigenvalue weighted by molar-refractivity contribution is 5.91. The van der Waals surface area contributed by atoms with Crippen molar-refractivity contribution < 1.29 is 19.1 Å². The van der Waals surface area contributed by atoms with Crippen molar-refractivity contribution in [2.75, 3.05) is 19.0 Å². The van der Waals surface area contributed by atoms with Crippen molar-refractivity contribution in [2.45, 2.75) is 52.7 Å². The number of carbonyl (C=O) groups excluding carboxylic acids is 2. The van der Waals surface area contributed by atoms with E-state index in [9.17, 15) is 9.59 Å². The van der Waals surface area contributed by atoms with E-state index < -0.39 is 23.3 Å². The molecule has 1 unspecified atom stereocenters. The van der Waals surface area contributed by atoms with Gasteiger partial charge in [0.15, 0.2) is 0 Å². The molecule has 8 nitrogen and oxygen atoms in total. The fraction of sp³-hybridized carbons (Fsp3) is 0.611. The average Bonchev–Trinajstić information content (AvgIpc) is 2.51. The summed E-state index contributed by atoms with van der Waals surface area (Å²) < 4.78 is 10.4.